The molecule has 0 unspecified atom stereocenters. The van der Waals surface area contributed by atoms with Crippen molar-refractivity contribution < 1.29 is 9.53 Å². The van der Waals surface area contributed by atoms with Gasteiger partial charge in [-0.05, 0) is 13.0 Å². The molecule has 4 aromatic rings. The highest BCUT2D eigenvalue weighted by Crippen LogP contribution is 2.30. The SMILES string of the molecule is CCOC(=O)c1nn2c(-c3ccccc3)cc(-c3ccccc3)nc2c1Cl. The molecule has 0 saturated heterocycles. The van der Waals surface area contributed by atoms with Gasteiger partial charge in [0.15, 0.2) is 11.3 Å². The molecular weight excluding hydrogens is 362 g/mol. The van der Waals surface area contributed by atoms with Gasteiger partial charge in [-0.25, -0.2) is 14.3 Å². The Morgan fingerprint density at radius 2 is 1.67 bits per heavy atom. The topological polar surface area (TPSA) is 56.5 Å². The van der Waals surface area contributed by atoms with Crippen LogP contribution in [0.25, 0.3) is 28.2 Å². The Balaban J connectivity index is 2.00. The van der Waals surface area contributed by atoms with E-state index in [1.54, 1.807) is 11.4 Å². The summed E-state index contributed by atoms with van der Waals surface area (Å²) in [5.41, 5.74) is 3.91. The van der Waals surface area contributed by atoms with Crippen LogP contribution in [0.4, 0.5) is 0 Å². The van der Waals surface area contributed by atoms with E-state index in [2.05, 4.69) is 10.1 Å². The monoisotopic (exact) mass is 377 g/mol. The van der Waals surface area contributed by atoms with Gasteiger partial charge in [0.05, 0.1) is 18.0 Å². The molecule has 0 aliphatic rings. The zero-order chi connectivity index (χ0) is 18.8. The van der Waals surface area contributed by atoms with Crippen LogP contribution in [0.5, 0.6) is 0 Å². The largest absolute Gasteiger partial charge is 0.461 e. The number of esters is 1. The summed E-state index contributed by atoms with van der Waals surface area (Å²) in [6, 6.07) is 21.5. The fourth-order valence-electron chi connectivity index (χ4n) is 2.89. The van der Waals surface area contributed by atoms with Crippen molar-refractivity contribution >= 4 is 23.2 Å². The zero-order valence-corrected chi connectivity index (χ0v) is 15.3. The second kappa shape index (κ2) is 7.21. The third-order valence-electron chi connectivity index (χ3n) is 4.14. The second-order valence-corrected chi connectivity index (χ2v) is 6.26. The Kier molecular flexibility index (Phi) is 4.60. The quantitative estimate of drug-likeness (QED) is 0.475. The van der Waals surface area contributed by atoms with Gasteiger partial charge in [-0.2, -0.15) is 5.10 Å². The number of aromatic nitrogens is 3. The average Bonchev–Trinajstić information content (AvgIpc) is 3.06. The fourth-order valence-corrected chi connectivity index (χ4v) is 3.13. The first kappa shape index (κ1) is 17.2. The van der Waals surface area contributed by atoms with Gasteiger partial charge in [0.1, 0.15) is 5.02 Å². The highest BCUT2D eigenvalue weighted by Gasteiger charge is 2.23. The summed E-state index contributed by atoms with van der Waals surface area (Å²) in [4.78, 5) is 16.9. The Hall–Kier alpha value is -3.18. The van der Waals surface area contributed by atoms with Gasteiger partial charge in [0.2, 0.25) is 0 Å². The average molecular weight is 378 g/mol. The molecule has 0 aliphatic carbocycles. The van der Waals surface area contributed by atoms with E-state index >= 15 is 0 Å². The summed E-state index contributed by atoms with van der Waals surface area (Å²) in [6.07, 6.45) is 0. The number of carbonyl (C=O) groups is 1. The predicted molar refractivity (Wildman–Crippen MR) is 105 cm³/mol. The second-order valence-electron chi connectivity index (χ2n) is 5.88. The minimum Gasteiger partial charge on any atom is -0.461 e. The molecule has 0 bridgehead atoms. The molecule has 0 amide bonds. The van der Waals surface area contributed by atoms with Crippen molar-refractivity contribution in [3.63, 3.8) is 0 Å². The number of carbonyl (C=O) groups excluding carboxylic acids is 1. The van der Waals surface area contributed by atoms with Crippen LogP contribution >= 0.6 is 11.6 Å². The number of hydrogen-bond acceptors (Lipinski definition) is 4. The van der Waals surface area contributed by atoms with Gasteiger partial charge in [0.25, 0.3) is 0 Å². The first-order valence-corrected chi connectivity index (χ1v) is 8.94. The molecule has 4 rings (SSSR count). The van der Waals surface area contributed by atoms with Gasteiger partial charge in [-0.1, -0.05) is 72.3 Å². The van der Waals surface area contributed by atoms with Crippen LogP contribution in [-0.2, 0) is 4.74 Å². The number of rotatable bonds is 4. The number of hydrogen-bond donors (Lipinski definition) is 0. The number of fused-ring (bicyclic) bond motifs is 1. The lowest BCUT2D eigenvalue weighted by molar-refractivity contribution is 0.0519. The van der Waals surface area contributed by atoms with E-state index in [9.17, 15) is 4.79 Å². The first-order valence-electron chi connectivity index (χ1n) is 8.56. The van der Waals surface area contributed by atoms with Gasteiger partial charge in [-0.15, -0.1) is 0 Å². The van der Waals surface area contributed by atoms with Gasteiger partial charge in [-0.3, -0.25) is 0 Å². The van der Waals surface area contributed by atoms with Crippen molar-refractivity contribution in [2.75, 3.05) is 6.61 Å². The van der Waals surface area contributed by atoms with E-state index in [0.717, 1.165) is 22.5 Å². The normalized spacial score (nSPS) is 10.9. The third kappa shape index (κ3) is 3.17. The van der Waals surface area contributed by atoms with Crippen LogP contribution in [0.2, 0.25) is 5.02 Å². The molecule has 2 aromatic heterocycles. The molecule has 0 fully saturated rings. The Labute approximate surface area is 161 Å². The molecule has 2 heterocycles. The molecule has 5 nitrogen and oxygen atoms in total. The van der Waals surface area contributed by atoms with Crippen LogP contribution in [-0.4, -0.2) is 27.2 Å². The molecule has 0 spiro atoms. The molecule has 134 valence electrons. The van der Waals surface area contributed by atoms with Crippen LogP contribution in [0, 0.1) is 0 Å². The molecule has 6 heteroatoms. The van der Waals surface area contributed by atoms with Crippen molar-refractivity contribution in [2.45, 2.75) is 6.92 Å². The van der Waals surface area contributed by atoms with Crippen LogP contribution in [0.15, 0.2) is 66.7 Å². The lowest BCUT2D eigenvalue weighted by atomic mass is 10.1. The Bertz CT molecular complexity index is 1110. The maximum absolute atomic E-state index is 12.2. The van der Waals surface area contributed by atoms with Gasteiger partial charge in [0, 0.05) is 11.1 Å². The minimum absolute atomic E-state index is 0.0633. The van der Waals surface area contributed by atoms with E-state index in [-0.39, 0.29) is 17.3 Å². The van der Waals surface area contributed by atoms with E-state index in [4.69, 9.17) is 16.3 Å². The van der Waals surface area contributed by atoms with Crippen molar-refractivity contribution in [1.82, 2.24) is 14.6 Å². The smallest absolute Gasteiger partial charge is 0.360 e. The maximum atomic E-state index is 12.2. The van der Waals surface area contributed by atoms with Crippen LogP contribution in [0.3, 0.4) is 0 Å². The number of nitrogens with zero attached hydrogens (tertiary/aromatic N) is 3. The van der Waals surface area contributed by atoms with Crippen molar-refractivity contribution in [1.29, 1.82) is 0 Å². The summed E-state index contributed by atoms with van der Waals surface area (Å²) in [5.74, 6) is -0.562. The Morgan fingerprint density at radius 1 is 1.04 bits per heavy atom. The van der Waals surface area contributed by atoms with Crippen LogP contribution in [0.1, 0.15) is 17.4 Å². The minimum atomic E-state index is -0.562. The van der Waals surface area contributed by atoms with E-state index in [1.807, 2.05) is 66.7 Å². The van der Waals surface area contributed by atoms with Gasteiger partial charge < -0.3 is 4.74 Å². The summed E-state index contributed by atoms with van der Waals surface area (Å²) < 4.78 is 6.67. The first-order chi connectivity index (χ1) is 13.2. The molecule has 0 aliphatic heterocycles. The van der Waals surface area contributed by atoms with Crippen molar-refractivity contribution in [3.8, 4) is 22.5 Å². The molecule has 0 N–H and O–H groups in total. The summed E-state index contributed by atoms with van der Waals surface area (Å²) in [5, 5.41) is 4.57. The molecule has 2 aromatic carbocycles. The fraction of sp³-hybridized carbons (Fsp3) is 0.0952. The van der Waals surface area contributed by atoms with E-state index in [0.29, 0.717) is 5.65 Å². The summed E-state index contributed by atoms with van der Waals surface area (Å²) in [7, 11) is 0. The molecule has 27 heavy (non-hydrogen) atoms. The number of benzene rings is 2. The highest BCUT2D eigenvalue weighted by molar-refractivity contribution is 6.36. The third-order valence-corrected chi connectivity index (χ3v) is 4.49. The van der Waals surface area contributed by atoms with Crippen LogP contribution < -0.4 is 0 Å². The standard InChI is InChI=1S/C21H16ClN3O2/c1-2-27-21(26)19-18(22)20-23-16(14-9-5-3-6-10-14)13-17(25(20)24-19)15-11-7-4-8-12-15/h3-13H,2H2,1H3. The van der Waals surface area contributed by atoms with E-state index in [1.165, 1.54) is 0 Å². The maximum Gasteiger partial charge on any atom is 0.360 e. The molecule has 0 radical (unpaired) electrons. The number of halogens is 1. The lowest BCUT2D eigenvalue weighted by Gasteiger charge is -2.08. The number of ether oxygens (including phenoxy) is 1. The van der Waals surface area contributed by atoms with Crippen molar-refractivity contribution in [3.05, 3.63) is 77.4 Å². The molecular formula is C21H16ClN3O2. The van der Waals surface area contributed by atoms with Gasteiger partial charge >= 0.3 is 5.97 Å². The summed E-state index contributed by atoms with van der Waals surface area (Å²) in [6.45, 7) is 1.99. The predicted octanol–water partition coefficient (Wildman–Crippen LogP) is 4.89. The lowest BCUT2D eigenvalue weighted by Crippen LogP contribution is -2.06. The van der Waals surface area contributed by atoms with Crippen molar-refractivity contribution in [2.24, 2.45) is 0 Å². The zero-order valence-electron chi connectivity index (χ0n) is 14.6. The summed E-state index contributed by atoms with van der Waals surface area (Å²) >= 11 is 6.46. The van der Waals surface area contributed by atoms with E-state index < -0.39 is 5.97 Å². The molecule has 0 saturated carbocycles. The Morgan fingerprint density at radius 3 is 2.30 bits per heavy atom. The molecule has 0 atom stereocenters. The highest BCUT2D eigenvalue weighted by atomic mass is 35.5.